The molecule has 0 amide bonds. The van der Waals surface area contributed by atoms with Crippen LogP contribution in [0.1, 0.15) is 17.2 Å². The maximum atomic E-state index is 10.4. The maximum Gasteiger partial charge on any atom is 0.446 e. The van der Waals surface area contributed by atoms with Gasteiger partial charge in [0, 0.05) is 32.2 Å². The summed E-state index contributed by atoms with van der Waals surface area (Å²) in [7, 11) is 1.68. The van der Waals surface area contributed by atoms with Gasteiger partial charge in [0.05, 0.1) is 12.8 Å². The Hall–Kier alpha value is -1.80. The average molecular weight is 331 g/mol. The van der Waals surface area contributed by atoms with Gasteiger partial charge >= 0.3 is 6.18 Å². The Balaban J connectivity index is 0.000000277. The van der Waals surface area contributed by atoms with Gasteiger partial charge in [-0.05, 0) is 29.7 Å². The first-order valence-electron chi connectivity index (χ1n) is 7.30. The average Bonchev–Trinajstić information content (AvgIpc) is 2.54. The van der Waals surface area contributed by atoms with E-state index in [0.717, 1.165) is 44.0 Å². The third kappa shape index (κ3) is 4.35. The topological polar surface area (TPSA) is 67.6 Å². The van der Waals surface area contributed by atoms with Crippen molar-refractivity contribution in [2.75, 3.05) is 39.0 Å². The monoisotopic (exact) mass is 331 g/mol. The van der Waals surface area contributed by atoms with Gasteiger partial charge < -0.3 is 15.8 Å². The molecule has 128 valence electrons. The largest absolute Gasteiger partial charge is 0.495 e. The van der Waals surface area contributed by atoms with Crippen molar-refractivity contribution >= 4 is 12.0 Å². The van der Waals surface area contributed by atoms with Crippen LogP contribution in [0.3, 0.4) is 0 Å². The van der Waals surface area contributed by atoms with Gasteiger partial charge in [0.2, 0.25) is 6.29 Å². The quantitative estimate of drug-likeness (QED) is 0.603. The lowest BCUT2D eigenvalue weighted by Crippen LogP contribution is -2.48. The van der Waals surface area contributed by atoms with Crippen molar-refractivity contribution in [1.82, 2.24) is 10.2 Å². The highest BCUT2D eigenvalue weighted by molar-refractivity contribution is 5.58. The smallest absolute Gasteiger partial charge is 0.446 e. The number of benzene rings is 1. The van der Waals surface area contributed by atoms with Crippen molar-refractivity contribution in [3.05, 3.63) is 23.3 Å². The molecule has 2 aliphatic rings. The number of nitrogen functional groups attached to an aromatic ring is 1. The first-order chi connectivity index (χ1) is 10.9. The molecule has 0 bridgehead atoms. The number of carbonyl (C=O) groups excluding carboxylic acids is 1. The van der Waals surface area contributed by atoms with E-state index in [4.69, 9.17) is 15.3 Å². The van der Waals surface area contributed by atoms with Gasteiger partial charge in [-0.15, -0.1) is 0 Å². The number of halogens is 3. The van der Waals surface area contributed by atoms with Crippen LogP contribution in [0.2, 0.25) is 0 Å². The van der Waals surface area contributed by atoms with Crippen LogP contribution in [0.4, 0.5) is 18.9 Å². The number of nitrogens with two attached hydrogens (primary N) is 1. The number of fused-ring (bicyclic) bond motifs is 3. The molecule has 23 heavy (non-hydrogen) atoms. The zero-order valence-corrected chi connectivity index (χ0v) is 12.8. The fourth-order valence-electron chi connectivity index (χ4n) is 2.94. The van der Waals surface area contributed by atoms with E-state index < -0.39 is 12.5 Å². The molecule has 1 saturated heterocycles. The van der Waals surface area contributed by atoms with Crippen LogP contribution in [-0.2, 0) is 11.2 Å². The van der Waals surface area contributed by atoms with Gasteiger partial charge in [0.25, 0.3) is 0 Å². The molecular weight excluding hydrogens is 311 g/mol. The number of carbonyl (C=O) groups is 1. The number of alkyl halides is 3. The summed E-state index contributed by atoms with van der Waals surface area (Å²) in [6, 6.07) is 4.69. The Morgan fingerprint density at radius 2 is 2.09 bits per heavy atom. The van der Waals surface area contributed by atoms with E-state index in [0.29, 0.717) is 6.04 Å². The fourth-order valence-corrected chi connectivity index (χ4v) is 2.94. The number of nitrogens with zero attached hydrogens (tertiary/aromatic N) is 1. The van der Waals surface area contributed by atoms with Crippen LogP contribution in [0.25, 0.3) is 0 Å². The Morgan fingerprint density at radius 1 is 1.39 bits per heavy atom. The van der Waals surface area contributed by atoms with E-state index >= 15 is 0 Å². The molecule has 0 saturated carbocycles. The second kappa shape index (κ2) is 7.18. The molecular formula is C15H20F3N3O2. The van der Waals surface area contributed by atoms with Crippen molar-refractivity contribution in [2.45, 2.75) is 18.6 Å². The predicted molar refractivity (Wildman–Crippen MR) is 80.4 cm³/mol. The molecule has 3 rings (SSSR count). The lowest BCUT2D eigenvalue weighted by Gasteiger charge is -2.41. The second-order valence-corrected chi connectivity index (χ2v) is 5.46. The molecule has 8 heteroatoms. The summed E-state index contributed by atoms with van der Waals surface area (Å²) in [6.45, 7) is 4.40. The minimum atomic E-state index is -4.64. The summed E-state index contributed by atoms with van der Waals surface area (Å²) in [4.78, 5) is 11.2. The van der Waals surface area contributed by atoms with E-state index in [1.165, 1.54) is 11.1 Å². The minimum Gasteiger partial charge on any atom is -0.495 e. The fraction of sp³-hybridized carbons (Fsp3) is 0.533. The standard InChI is InChI=1S/C13H19N3O.C2HF3O/c1-17-13-6-9-2-4-16-5-3-15-8-12(16)10(9)7-11(13)14;3-2(4,5)1-6/h6-7,12,15H,2-5,8,14H2,1H3;1H. The Morgan fingerprint density at radius 3 is 2.70 bits per heavy atom. The summed E-state index contributed by atoms with van der Waals surface area (Å²) in [5.41, 5.74) is 9.53. The van der Waals surface area contributed by atoms with Crippen LogP contribution in [0.5, 0.6) is 5.75 Å². The van der Waals surface area contributed by atoms with Gasteiger partial charge in [-0.1, -0.05) is 0 Å². The molecule has 1 unspecified atom stereocenters. The van der Waals surface area contributed by atoms with Crippen LogP contribution in [0, 0.1) is 0 Å². The Kier molecular flexibility index (Phi) is 5.48. The Bertz CT molecular complexity index is 564. The van der Waals surface area contributed by atoms with Gasteiger partial charge in [0.1, 0.15) is 5.75 Å². The van der Waals surface area contributed by atoms with E-state index in [9.17, 15) is 13.2 Å². The third-order valence-corrected chi connectivity index (χ3v) is 4.01. The highest BCUT2D eigenvalue weighted by Crippen LogP contribution is 2.35. The van der Waals surface area contributed by atoms with E-state index in [1.807, 2.05) is 0 Å². The number of anilines is 1. The van der Waals surface area contributed by atoms with Crippen molar-refractivity contribution in [1.29, 1.82) is 0 Å². The van der Waals surface area contributed by atoms with Gasteiger partial charge in [0.15, 0.2) is 0 Å². The maximum absolute atomic E-state index is 10.4. The van der Waals surface area contributed by atoms with Gasteiger partial charge in [-0.2, -0.15) is 13.2 Å². The van der Waals surface area contributed by atoms with Gasteiger partial charge in [-0.3, -0.25) is 9.69 Å². The number of methoxy groups -OCH3 is 1. The third-order valence-electron chi connectivity index (χ3n) is 4.01. The lowest BCUT2D eigenvalue weighted by atomic mass is 9.90. The van der Waals surface area contributed by atoms with Gasteiger partial charge in [-0.25, -0.2) is 0 Å². The number of hydrogen-bond donors (Lipinski definition) is 2. The minimum absolute atomic E-state index is 0.487. The number of aldehydes is 1. The highest BCUT2D eigenvalue weighted by Gasteiger charge is 2.30. The SMILES string of the molecule is COc1cc2c(cc1N)C1CNCCN1CC2.O=CC(F)(F)F. The van der Waals surface area contributed by atoms with Crippen LogP contribution in [0.15, 0.2) is 12.1 Å². The molecule has 5 nitrogen and oxygen atoms in total. The summed E-state index contributed by atoms with van der Waals surface area (Å²) >= 11 is 0. The summed E-state index contributed by atoms with van der Waals surface area (Å²) in [5.74, 6) is 0.806. The van der Waals surface area contributed by atoms with E-state index in [1.54, 1.807) is 7.11 Å². The lowest BCUT2D eigenvalue weighted by molar-refractivity contribution is -0.156. The molecule has 1 aromatic rings. The van der Waals surface area contributed by atoms with E-state index in [2.05, 4.69) is 22.3 Å². The molecule has 1 fully saturated rings. The number of ether oxygens (including phenoxy) is 1. The molecule has 1 aromatic carbocycles. The number of hydrogen-bond acceptors (Lipinski definition) is 5. The normalized spacial score (nSPS) is 20.6. The summed E-state index contributed by atoms with van der Waals surface area (Å²) in [5, 5.41) is 3.46. The molecule has 3 N–H and O–H groups in total. The first-order valence-corrected chi connectivity index (χ1v) is 7.30. The number of piperazine rings is 1. The number of rotatable bonds is 1. The van der Waals surface area contributed by atoms with Crippen LogP contribution in [-0.4, -0.2) is 50.7 Å². The van der Waals surface area contributed by atoms with Crippen LogP contribution >= 0.6 is 0 Å². The molecule has 1 atom stereocenters. The van der Waals surface area contributed by atoms with Crippen molar-refractivity contribution in [2.24, 2.45) is 0 Å². The van der Waals surface area contributed by atoms with Crippen molar-refractivity contribution in [3.8, 4) is 5.75 Å². The molecule has 0 radical (unpaired) electrons. The van der Waals surface area contributed by atoms with E-state index in [-0.39, 0.29) is 0 Å². The summed E-state index contributed by atoms with van der Waals surface area (Å²) < 4.78 is 36.5. The zero-order valence-electron chi connectivity index (χ0n) is 12.8. The molecule has 2 aliphatic heterocycles. The second-order valence-electron chi connectivity index (χ2n) is 5.46. The first kappa shape index (κ1) is 17.6. The highest BCUT2D eigenvalue weighted by atomic mass is 19.4. The zero-order chi connectivity index (χ0) is 17.0. The molecule has 0 aromatic heterocycles. The van der Waals surface area contributed by atoms with Crippen LogP contribution < -0.4 is 15.8 Å². The number of nitrogens with one attached hydrogen (secondary N) is 1. The molecule has 2 heterocycles. The summed E-state index contributed by atoms with van der Waals surface area (Å²) in [6.07, 6.45) is -4.60. The molecule has 0 aliphatic carbocycles. The Labute approximate surface area is 132 Å². The molecule has 0 spiro atoms. The van der Waals surface area contributed by atoms with Crippen molar-refractivity contribution < 1.29 is 22.7 Å². The van der Waals surface area contributed by atoms with Crippen molar-refractivity contribution in [3.63, 3.8) is 0 Å². The predicted octanol–water partition coefficient (Wildman–Crippen LogP) is 1.53.